The van der Waals surface area contributed by atoms with Crippen LogP contribution in [0.2, 0.25) is 0 Å². The lowest BCUT2D eigenvalue weighted by Crippen LogP contribution is -2.13. The lowest BCUT2D eigenvalue weighted by Gasteiger charge is -2.09. The zero-order valence-electron chi connectivity index (χ0n) is 15.3. The molecule has 28 heavy (non-hydrogen) atoms. The normalized spacial score (nSPS) is 10.9. The van der Waals surface area contributed by atoms with Crippen LogP contribution in [0.5, 0.6) is 0 Å². The second-order valence-corrected chi connectivity index (χ2v) is 7.43. The van der Waals surface area contributed by atoms with E-state index in [9.17, 15) is 9.59 Å². The summed E-state index contributed by atoms with van der Waals surface area (Å²) < 4.78 is 1.91. The summed E-state index contributed by atoms with van der Waals surface area (Å²) in [4.78, 5) is 29.9. The Morgan fingerprint density at radius 1 is 1.11 bits per heavy atom. The zero-order valence-corrected chi connectivity index (χ0v) is 16.1. The molecule has 0 unspecified atom stereocenters. The van der Waals surface area contributed by atoms with E-state index in [0.29, 0.717) is 10.6 Å². The molecule has 0 fully saturated rings. The topological polar surface area (TPSA) is 83.7 Å². The number of thiazole rings is 1. The molecule has 0 aliphatic carbocycles. The number of hydrogen-bond acceptors (Lipinski definition) is 4. The van der Waals surface area contributed by atoms with Crippen LogP contribution in [0.3, 0.4) is 0 Å². The molecule has 4 rings (SSSR count). The summed E-state index contributed by atoms with van der Waals surface area (Å²) in [6.45, 7) is 3.69. The fourth-order valence-corrected chi connectivity index (χ4v) is 3.98. The van der Waals surface area contributed by atoms with E-state index in [-0.39, 0.29) is 11.5 Å². The van der Waals surface area contributed by atoms with Gasteiger partial charge in [-0.15, -0.1) is 0 Å². The third-order valence-electron chi connectivity index (χ3n) is 4.57. The molecule has 0 saturated carbocycles. The molecule has 0 radical (unpaired) electrons. The Labute approximate surface area is 165 Å². The van der Waals surface area contributed by atoms with Crippen LogP contribution in [-0.2, 0) is 0 Å². The van der Waals surface area contributed by atoms with E-state index in [4.69, 9.17) is 5.11 Å². The van der Waals surface area contributed by atoms with Gasteiger partial charge in [-0.2, -0.15) is 0 Å². The number of anilines is 1. The molecule has 6 nitrogen and oxygen atoms in total. The van der Waals surface area contributed by atoms with Crippen molar-refractivity contribution in [1.29, 1.82) is 0 Å². The molecule has 140 valence electrons. The highest BCUT2D eigenvalue weighted by Crippen LogP contribution is 2.28. The van der Waals surface area contributed by atoms with E-state index in [0.717, 1.165) is 27.5 Å². The number of aromatic carboxylic acids is 1. The molecular weight excluding hydrogens is 374 g/mol. The summed E-state index contributed by atoms with van der Waals surface area (Å²) in [5.41, 5.74) is 4.08. The Bertz CT molecular complexity index is 1210. The average molecular weight is 391 g/mol. The van der Waals surface area contributed by atoms with Crippen molar-refractivity contribution < 1.29 is 14.7 Å². The zero-order chi connectivity index (χ0) is 19.8. The van der Waals surface area contributed by atoms with Crippen LogP contribution >= 0.6 is 11.3 Å². The molecular formula is C21H17N3O3S. The number of nitrogens with zero attached hydrogens (tertiary/aromatic N) is 2. The summed E-state index contributed by atoms with van der Waals surface area (Å²) in [6, 6.07) is 14.5. The average Bonchev–Trinajstić information content (AvgIpc) is 3.24. The molecule has 4 aromatic rings. The number of aromatic nitrogens is 2. The van der Waals surface area contributed by atoms with Crippen LogP contribution in [0.1, 0.15) is 31.3 Å². The third kappa shape index (κ3) is 3.16. The first-order valence-corrected chi connectivity index (χ1v) is 9.45. The first kappa shape index (κ1) is 17.9. The van der Waals surface area contributed by atoms with E-state index in [1.54, 1.807) is 6.07 Å². The van der Waals surface area contributed by atoms with Gasteiger partial charge in [0.25, 0.3) is 5.91 Å². The molecule has 1 amide bonds. The lowest BCUT2D eigenvalue weighted by molar-refractivity contribution is 0.0696. The van der Waals surface area contributed by atoms with E-state index in [1.165, 1.54) is 23.5 Å². The van der Waals surface area contributed by atoms with Crippen molar-refractivity contribution in [2.45, 2.75) is 13.8 Å². The van der Waals surface area contributed by atoms with Crippen molar-refractivity contribution in [1.82, 2.24) is 9.38 Å². The minimum Gasteiger partial charge on any atom is -0.478 e. The summed E-state index contributed by atoms with van der Waals surface area (Å²) in [6.07, 6.45) is 1.92. The minimum absolute atomic E-state index is 0.131. The van der Waals surface area contributed by atoms with Crippen molar-refractivity contribution in [3.8, 4) is 11.3 Å². The molecule has 7 heteroatoms. The van der Waals surface area contributed by atoms with E-state index in [2.05, 4.69) is 10.3 Å². The van der Waals surface area contributed by atoms with Crippen LogP contribution in [0, 0.1) is 13.8 Å². The van der Waals surface area contributed by atoms with Crippen molar-refractivity contribution in [2.24, 2.45) is 0 Å². The minimum atomic E-state index is -1.03. The van der Waals surface area contributed by atoms with Gasteiger partial charge in [-0.1, -0.05) is 47.7 Å². The van der Waals surface area contributed by atoms with E-state index >= 15 is 0 Å². The number of carboxylic acids is 1. The number of fused-ring (bicyclic) bond motifs is 1. The van der Waals surface area contributed by atoms with Crippen LogP contribution in [0.4, 0.5) is 5.69 Å². The third-order valence-corrected chi connectivity index (χ3v) is 5.72. The number of carboxylic acid groups (broad SMARTS) is 1. The lowest BCUT2D eigenvalue weighted by atomic mass is 10.1. The molecule has 0 saturated heterocycles. The maximum Gasteiger partial charge on any atom is 0.335 e. The molecule has 0 bridgehead atoms. The number of carbonyl (C=O) groups excluding carboxylic acids is 1. The van der Waals surface area contributed by atoms with Gasteiger partial charge in [0.15, 0.2) is 4.96 Å². The van der Waals surface area contributed by atoms with Gasteiger partial charge >= 0.3 is 5.97 Å². The second kappa shape index (κ2) is 6.94. The molecule has 0 aliphatic heterocycles. The standard InChI is InChI=1S/C21H17N3O3S/c1-12-8-9-15(20(26)27)10-16(12)22-19(25)18-13(2)24-11-17(23-21(24)28-18)14-6-4-3-5-7-14/h3-11H,1-2H3,(H,22,25)(H,26,27). The molecule has 2 aromatic carbocycles. The number of nitrogens with one attached hydrogen (secondary N) is 1. The van der Waals surface area contributed by atoms with Crippen molar-refractivity contribution in [3.63, 3.8) is 0 Å². The largest absolute Gasteiger partial charge is 0.478 e. The highest BCUT2D eigenvalue weighted by Gasteiger charge is 2.19. The SMILES string of the molecule is Cc1ccc(C(=O)O)cc1NC(=O)c1sc2nc(-c3ccccc3)cn2c1C. The Morgan fingerprint density at radius 3 is 2.54 bits per heavy atom. The van der Waals surface area contributed by atoms with Gasteiger partial charge in [-0.05, 0) is 31.5 Å². The number of imidazole rings is 1. The van der Waals surface area contributed by atoms with Crippen LogP contribution in [0.25, 0.3) is 16.2 Å². The summed E-state index contributed by atoms with van der Waals surface area (Å²) in [7, 11) is 0. The summed E-state index contributed by atoms with van der Waals surface area (Å²) in [5, 5.41) is 12.0. The van der Waals surface area contributed by atoms with Crippen molar-refractivity contribution >= 4 is 33.9 Å². The fourth-order valence-electron chi connectivity index (χ4n) is 2.98. The van der Waals surface area contributed by atoms with Gasteiger partial charge in [-0.3, -0.25) is 9.20 Å². The summed E-state index contributed by atoms with van der Waals surface area (Å²) in [5.74, 6) is -1.31. The number of carbonyl (C=O) groups is 2. The Hall–Kier alpha value is -3.45. The monoisotopic (exact) mass is 391 g/mol. The predicted octanol–water partition coefficient (Wildman–Crippen LogP) is 4.63. The number of aryl methyl sites for hydroxylation is 2. The number of hydrogen-bond donors (Lipinski definition) is 2. The Morgan fingerprint density at radius 2 is 1.86 bits per heavy atom. The highest BCUT2D eigenvalue weighted by molar-refractivity contribution is 7.19. The molecule has 0 aliphatic rings. The van der Waals surface area contributed by atoms with E-state index < -0.39 is 5.97 Å². The molecule has 2 heterocycles. The predicted molar refractivity (Wildman–Crippen MR) is 109 cm³/mol. The quantitative estimate of drug-likeness (QED) is 0.531. The smallest absolute Gasteiger partial charge is 0.335 e. The van der Waals surface area contributed by atoms with Gasteiger partial charge in [-0.25, -0.2) is 9.78 Å². The molecule has 0 atom stereocenters. The van der Waals surface area contributed by atoms with Crippen LogP contribution < -0.4 is 5.32 Å². The van der Waals surface area contributed by atoms with Gasteiger partial charge in [0.2, 0.25) is 0 Å². The van der Waals surface area contributed by atoms with Gasteiger partial charge in [0, 0.05) is 23.1 Å². The second-order valence-electron chi connectivity index (χ2n) is 6.45. The van der Waals surface area contributed by atoms with Crippen LogP contribution in [0.15, 0.2) is 54.7 Å². The number of benzene rings is 2. The van der Waals surface area contributed by atoms with E-state index in [1.807, 2.05) is 54.8 Å². The maximum atomic E-state index is 12.8. The first-order valence-electron chi connectivity index (χ1n) is 8.63. The van der Waals surface area contributed by atoms with Crippen molar-refractivity contribution in [2.75, 3.05) is 5.32 Å². The Balaban J connectivity index is 1.65. The van der Waals surface area contributed by atoms with Gasteiger partial charge < -0.3 is 10.4 Å². The molecule has 2 aromatic heterocycles. The Kier molecular flexibility index (Phi) is 4.44. The highest BCUT2D eigenvalue weighted by atomic mass is 32.1. The number of rotatable bonds is 4. The molecule has 2 N–H and O–H groups in total. The molecule has 0 spiro atoms. The van der Waals surface area contributed by atoms with Crippen LogP contribution in [-0.4, -0.2) is 26.4 Å². The van der Waals surface area contributed by atoms with Gasteiger partial charge in [0.1, 0.15) is 4.88 Å². The maximum absolute atomic E-state index is 12.8. The van der Waals surface area contributed by atoms with Crippen molar-refractivity contribution in [3.05, 3.63) is 76.4 Å². The fraction of sp³-hybridized carbons (Fsp3) is 0.0952. The first-order chi connectivity index (χ1) is 13.4. The number of amides is 1. The van der Waals surface area contributed by atoms with Gasteiger partial charge in [0.05, 0.1) is 11.3 Å². The summed E-state index contributed by atoms with van der Waals surface area (Å²) >= 11 is 1.31.